The number of hydrogen-bond donors (Lipinski definition) is 3. The normalized spacial score (nSPS) is 33.8. The number of aliphatic hydroxyl groups excluding tert-OH is 1. The van der Waals surface area contributed by atoms with Crippen LogP contribution in [0, 0.1) is 11.8 Å². The maximum absolute atomic E-state index is 11.4. The predicted octanol–water partition coefficient (Wildman–Crippen LogP) is -0.210. The van der Waals surface area contributed by atoms with Crippen LogP contribution in [0.15, 0.2) is 0 Å². The Morgan fingerprint density at radius 1 is 1.24 bits per heavy atom. The van der Waals surface area contributed by atoms with Crippen LogP contribution < -0.4 is 10.6 Å². The van der Waals surface area contributed by atoms with Crippen molar-refractivity contribution in [2.24, 2.45) is 11.8 Å². The van der Waals surface area contributed by atoms with E-state index in [2.05, 4.69) is 10.6 Å². The molecule has 2 rings (SSSR count). The van der Waals surface area contributed by atoms with Gasteiger partial charge in [-0.05, 0) is 31.2 Å². The Morgan fingerprint density at radius 3 is 2.53 bits per heavy atom. The third-order valence-corrected chi connectivity index (χ3v) is 3.90. The summed E-state index contributed by atoms with van der Waals surface area (Å²) in [6.45, 7) is 0.943. The number of aliphatic hydroxyl groups is 1. The quantitative estimate of drug-likeness (QED) is 0.594. The number of amides is 2. The molecule has 1 aliphatic carbocycles. The second-order valence-electron chi connectivity index (χ2n) is 5.06. The van der Waals surface area contributed by atoms with Crippen molar-refractivity contribution in [1.82, 2.24) is 10.6 Å². The monoisotopic (exact) mass is 240 g/mol. The zero-order valence-corrected chi connectivity index (χ0v) is 9.95. The minimum absolute atomic E-state index is 0.199. The van der Waals surface area contributed by atoms with Crippen LogP contribution in [0.1, 0.15) is 32.1 Å². The van der Waals surface area contributed by atoms with Crippen LogP contribution in [0.25, 0.3) is 0 Å². The third-order valence-electron chi connectivity index (χ3n) is 3.90. The van der Waals surface area contributed by atoms with Crippen LogP contribution in [0.2, 0.25) is 0 Å². The lowest BCUT2D eigenvalue weighted by Gasteiger charge is -2.30. The van der Waals surface area contributed by atoms with E-state index in [-0.39, 0.29) is 30.9 Å². The van der Waals surface area contributed by atoms with Gasteiger partial charge >= 0.3 is 0 Å². The Kier molecular flexibility index (Phi) is 4.12. The lowest BCUT2D eigenvalue weighted by molar-refractivity contribution is -0.125. The third kappa shape index (κ3) is 3.04. The Hall–Kier alpha value is -0.940. The molecule has 2 amide bonds. The number of rotatable bonds is 4. The highest BCUT2D eigenvalue weighted by Crippen LogP contribution is 2.29. The van der Waals surface area contributed by atoms with Crippen molar-refractivity contribution in [3.63, 3.8) is 0 Å². The van der Waals surface area contributed by atoms with Gasteiger partial charge in [0.2, 0.25) is 11.8 Å². The maximum atomic E-state index is 11.4. The SMILES string of the molecule is O=C1CC(NCC2CCCCC2CO)C(=O)N1. The molecule has 3 atom stereocenters. The molecule has 0 bridgehead atoms. The Balaban J connectivity index is 1.80. The zero-order chi connectivity index (χ0) is 12.3. The molecule has 1 aliphatic heterocycles. The molecule has 3 N–H and O–H groups in total. The molecule has 1 saturated carbocycles. The molecule has 3 unspecified atom stereocenters. The minimum atomic E-state index is -0.372. The van der Waals surface area contributed by atoms with Crippen LogP contribution in [0.4, 0.5) is 0 Å². The highest BCUT2D eigenvalue weighted by molar-refractivity contribution is 6.05. The van der Waals surface area contributed by atoms with Crippen molar-refractivity contribution in [3.05, 3.63) is 0 Å². The fourth-order valence-corrected chi connectivity index (χ4v) is 2.81. The zero-order valence-electron chi connectivity index (χ0n) is 9.95. The van der Waals surface area contributed by atoms with Gasteiger partial charge in [0.1, 0.15) is 0 Å². The van der Waals surface area contributed by atoms with Gasteiger partial charge < -0.3 is 10.4 Å². The topological polar surface area (TPSA) is 78.4 Å². The highest BCUT2D eigenvalue weighted by Gasteiger charge is 2.32. The number of hydrogen-bond acceptors (Lipinski definition) is 4. The van der Waals surface area contributed by atoms with E-state index < -0.39 is 0 Å². The van der Waals surface area contributed by atoms with Crippen molar-refractivity contribution < 1.29 is 14.7 Å². The number of carbonyl (C=O) groups is 2. The van der Waals surface area contributed by atoms with Gasteiger partial charge in [-0.15, -0.1) is 0 Å². The summed E-state index contributed by atoms with van der Waals surface area (Å²) in [5.74, 6) is 0.356. The van der Waals surface area contributed by atoms with Gasteiger partial charge in [-0.2, -0.15) is 0 Å². The molecule has 1 saturated heterocycles. The largest absolute Gasteiger partial charge is 0.396 e. The van der Waals surface area contributed by atoms with E-state index in [1.165, 1.54) is 12.8 Å². The van der Waals surface area contributed by atoms with Crippen molar-refractivity contribution in [2.45, 2.75) is 38.1 Å². The fourth-order valence-electron chi connectivity index (χ4n) is 2.81. The first-order valence-corrected chi connectivity index (χ1v) is 6.38. The van der Waals surface area contributed by atoms with Gasteiger partial charge in [0.25, 0.3) is 0 Å². The predicted molar refractivity (Wildman–Crippen MR) is 62.1 cm³/mol. The van der Waals surface area contributed by atoms with Crippen LogP contribution in [0.5, 0.6) is 0 Å². The lowest BCUT2D eigenvalue weighted by atomic mass is 9.79. The lowest BCUT2D eigenvalue weighted by Crippen LogP contribution is -2.41. The molecule has 0 aromatic carbocycles. The van der Waals surface area contributed by atoms with E-state index in [4.69, 9.17) is 0 Å². The Labute approximate surface area is 101 Å². The molecule has 17 heavy (non-hydrogen) atoms. The number of carbonyl (C=O) groups excluding carboxylic acids is 2. The first kappa shape index (κ1) is 12.5. The van der Waals surface area contributed by atoms with Gasteiger partial charge in [0.15, 0.2) is 0 Å². The molecule has 96 valence electrons. The van der Waals surface area contributed by atoms with E-state index in [0.29, 0.717) is 11.8 Å². The van der Waals surface area contributed by atoms with Crippen LogP contribution in [0.3, 0.4) is 0 Å². The number of imide groups is 1. The van der Waals surface area contributed by atoms with E-state index in [1.54, 1.807) is 0 Å². The van der Waals surface area contributed by atoms with Gasteiger partial charge in [-0.25, -0.2) is 0 Å². The fraction of sp³-hybridized carbons (Fsp3) is 0.833. The average Bonchev–Trinajstić information content (AvgIpc) is 2.65. The summed E-state index contributed by atoms with van der Waals surface area (Å²) in [6, 6.07) is -0.372. The van der Waals surface area contributed by atoms with Crippen molar-refractivity contribution >= 4 is 11.8 Å². The summed E-state index contributed by atoms with van der Waals surface area (Å²) in [5.41, 5.74) is 0. The molecule has 5 heteroatoms. The summed E-state index contributed by atoms with van der Waals surface area (Å²) >= 11 is 0. The smallest absolute Gasteiger partial charge is 0.244 e. The van der Waals surface area contributed by atoms with E-state index in [1.807, 2.05) is 0 Å². The van der Waals surface area contributed by atoms with E-state index in [0.717, 1.165) is 19.4 Å². The minimum Gasteiger partial charge on any atom is -0.396 e. The maximum Gasteiger partial charge on any atom is 0.244 e. The van der Waals surface area contributed by atoms with Crippen LogP contribution in [-0.2, 0) is 9.59 Å². The molecule has 2 aliphatic rings. The summed E-state index contributed by atoms with van der Waals surface area (Å²) in [4.78, 5) is 22.4. The van der Waals surface area contributed by atoms with E-state index >= 15 is 0 Å². The Morgan fingerprint density at radius 2 is 1.94 bits per heavy atom. The van der Waals surface area contributed by atoms with Crippen LogP contribution >= 0.6 is 0 Å². The summed E-state index contributed by atoms with van der Waals surface area (Å²) < 4.78 is 0. The van der Waals surface area contributed by atoms with Crippen LogP contribution in [-0.4, -0.2) is 36.1 Å². The summed E-state index contributed by atoms with van der Waals surface area (Å²) in [6.07, 6.45) is 4.79. The van der Waals surface area contributed by atoms with Crippen molar-refractivity contribution in [1.29, 1.82) is 0 Å². The average molecular weight is 240 g/mol. The molecule has 2 fully saturated rings. The summed E-state index contributed by atoms with van der Waals surface area (Å²) in [7, 11) is 0. The molecule has 0 spiro atoms. The summed E-state index contributed by atoms with van der Waals surface area (Å²) in [5, 5.41) is 14.7. The van der Waals surface area contributed by atoms with Gasteiger partial charge in [0.05, 0.1) is 12.5 Å². The Bertz CT molecular complexity index is 306. The van der Waals surface area contributed by atoms with E-state index in [9.17, 15) is 14.7 Å². The second-order valence-corrected chi connectivity index (χ2v) is 5.06. The molecule has 0 aromatic rings. The molecule has 0 radical (unpaired) electrons. The first-order valence-electron chi connectivity index (χ1n) is 6.38. The highest BCUT2D eigenvalue weighted by atomic mass is 16.3. The number of nitrogens with one attached hydrogen (secondary N) is 2. The first-order chi connectivity index (χ1) is 8.20. The van der Waals surface area contributed by atoms with Crippen molar-refractivity contribution in [3.8, 4) is 0 Å². The molecule has 0 aromatic heterocycles. The molecular formula is C12H20N2O3. The standard InChI is InChI=1S/C12H20N2O3/c15-7-9-4-2-1-3-8(9)6-13-10-5-11(16)14-12(10)17/h8-10,13,15H,1-7H2,(H,14,16,17). The second kappa shape index (κ2) is 5.60. The molecular weight excluding hydrogens is 220 g/mol. The van der Waals surface area contributed by atoms with Gasteiger partial charge in [-0.3, -0.25) is 14.9 Å². The van der Waals surface area contributed by atoms with Gasteiger partial charge in [0, 0.05) is 6.61 Å². The molecule has 5 nitrogen and oxygen atoms in total. The van der Waals surface area contributed by atoms with Gasteiger partial charge in [-0.1, -0.05) is 12.8 Å². The molecule has 1 heterocycles. The van der Waals surface area contributed by atoms with Crippen molar-refractivity contribution in [2.75, 3.05) is 13.2 Å².